The molecule has 19 heavy (non-hydrogen) atoms. The summed E-state index contributed by atoms with van der Waals surface area (Å²) < 4.78 is 0. The first-order valence-electron chi connectivity index (χ1n) is 6.84. The molecule has 1 aromatic heterocycles. The molecule has 0 aliphatic heterocycles. The molecule has 2 aromatic rings. The number of benzene rings is 1. The SMILES string of the molecule is CCc1cnccc1C(NC)c1cc(C)cc(C)c1. The molecule has 0 fully saturated rings. The fourth-order valence-corrected chi connectivity index (χ4v) is 2.69. The van der Waals surface area contributed by atoms with Crippen LogP contribution in [-0.4, -0.2) is 12.0 Å². The lowest BCUT2D eigenvalue weighted by atomic mass is 9.93. The Hall–Kier alpha value is -1.67. The molecule has 0 saturated carbocycles. The van der Waals surface area contributed by atoms with Gasteiger partial charge in [0.15, 0.2) is 0 Å². The van der Waals surface area contributed by atoms with E-state index in [1.807, 2.05) is 19.4 Å². The molecule has 1 heterocycles. The maximum Gasteiger partial charge on any atom is 0.0578 e. The van der Waals surface area contributed by atoms with Gasteiger partial charge in [-0.1, -0.05) is 36.2 Å². The van der Waals surface area contributed by atoms with Crippen LogP contribution in [0.5, 0.6) is 0 Å². The highest BCUT2D eigenvalue weighted by Crippen LogP contribution is 2.26. The van der Waals surface area contributed by atoms with Crippen LogP contribution < -0.4 is 5.32 Å². The first-order valence-corrected chi connectivity index (χ1v) is 6.84. The summed E-state index contributed by atoms with van der Waals surface area (Å²) in [5.41, 5.74) is 6.57. The van der Waals surface area contributed by atoms with E-state index >= 15 is 0 Å². The Morgan fingerprint density at radius 3 is 2.42 bits per heavy atom. The number of hydrogen-bond donors (Lipinski definition) is 1. The number of rotatable bonds is 4. The number of aryl methyl sites for hydroxylation is 3. The Morgan fingerprint density at radius 2 is 1.84 bits per heavy atom. The molecule has 0 amide bonds. The third kappa shape index (κ3) is 3.02. The molecular formula is C17H22N2. The maximum absolute atomic E-state index is 4.23. The van der Waals surface area contributed by atoms with E-state index in [1.54, 1.807) is 0 Å². The summed E-state index contributed by atoms with van der Waals surface area (Å²) in [6.45, 7) is 6.47. The summed E-state index contributed by atoms with van der Waals surface area (Å²) in [6, 6.07) is 9.08. The summed E-state index contributed by atoms with van der Waals surface area (Å²) in [7, 11) is 2.02. The summed E-state index contributed by atoms with van der Waals surface area (Å²) >= 11 is 0. The van der Waals surface area contributed by atoms with Gasteiger partial charge >= 0.3 is 0 Å². The van der Waals surface area contributed by atoms with Crippen molar-refractivity contribution >= 4 is 0 Å². The van der Waals surface area contributed by atoms with E-state index in [2.05, 4.69) is 55.3 Å². The first kappa shape index (κ1) is 13.8. The molecule has 1 atom stereocenters. The average Bonchev–Trinajstić information content (AvgIpc) is 2.39. The van der Waals surface area contributed by atoms with Crippen LogP contribution in [0.25, 0.3) is 0 Å². The van der Waals surface area contributed by atoms with E-state index in [0.29, 0.717) is 0 Å². The molecule has 2 heteroatoms. The quantitative estimate of drug-likeness (QED) is 0.902. The number of pyridine rings is 1. The molecule has 1 unspecified atom stereocenters. The average molecular weight is 254 g/mol. The second-order valence-electron chi connectivity index (χ2n) is 5.07. The van der Waals surface area contributed by atoms with Gasteiger partial charge in [0.25, 0.3) is 0 Å². The lowest BCUT2D eigenvalue weighted by Crippen LogP contribution is -2.19. The van der Waals surface area contributed by atoms with Gasteiger partial charge in [0.05, 0.1) is 6.04 Å². The van der Waals surface area contributed by atoms with Crippen LogP contribution in [-0.2, 0) is 6.42 Å². The third-order valence-corrected chi connectivity index (χ3v) is 3.50. The summed E-state index contributed by atoms with van der Waals surface area (Å²) in [4.78, 5) is 4.23. The molecule has 0 aliphatic carbocycles. The van der Waals surface area contributed by atoms with E-state index in [-0.39, 0.29) is 6.04 Å². The van der Waals surface area contributed by atoms with Crippen LogP contribution in [0.4, 0.5) is 0 Å². The summed E-state index contributed by atoms with van der Waals surface area (Å²) in [5.74, 6) is 0. The van der Waals surface area contributed by atoms with Crippen LogP contribution >= 0.6 is 0 Å². The monoisotopic (exact) mass is 254 g/mol. The molecule has 0 bridgehead atoms. The summed E-state index contributed by atoms with van der Waals surface area (Å²) in [6.07, 6.45) is 4.86. The van der Waals surface area contributed by atoms with Crippen LogP contribution in [0.1, 0.15) is 40.8 Å². The van der Waals surface area contributed by atoms with Crippen molar-refractivity contribution in [2.24, 2.45) is 0 Å². The zero-order chi connectivity index (χ0) is 13.8. The van der Waals surface area contributed by atoms with E-state index in [4.69, 9.17) is 0 Å². The van der Waals surface area contributed by atoms with Crippen molar-refractivity contribution in [2.75, 3.05) is 7.05 Å². The Balaban J connectivity index is 2.49. The predicted molar refractivity (Wildman–Crippen MR) is 80.4 cm³/mol. The molecule has 100 valence electrons. The highest BCUT2D eigenvalue weighted by molar-refractivity contribution is 5.39. The molecule has 0 saturated heterocycles. The lowest BCUT2D eigenvalue weighted by molar-refractivity contribution is 0.681. The topological polar surface area (TPSA) is 24.9 Å². The van der Waals surface area contributed by atoms with Gasteiger partial charge in [-0.2, -0.15) is 0 Å². The first-order chi connectivity index (χ1) is 9.15. The van der Waals surface area contributed by atoms with E-state index in [1.165, 1.54) is 27.8 Å². The normalized spacial score (nSPS) is 12.4. The molecule has 1 aromatic carbocycles. The Labute approximate surface area is 115 Å². The number of nitrogens with zero attached hydrogens (tertiary/aromatic N) is 1. The fourth-order valence-electron chi connectivity index (χ4n) is 2.69. The van der Waals surface area contributed by atoms with Crippen molar-refractivity contribution in [2.45, 2.75) is 33.2 Å². The van der Waals surface area contributed by atoms with Crippen molar-refractivity contribution < 1.29 is 0 Å². The van der Waals surface area contributed by atoms with E-state index in [0.717, 1.165) is 6.42 Å². The van der Waals surface area contributed by atoms with Crippen LogP contribution in [0.2, 0.25) is 0 Å². The van der Waals surface area contributed by atoms with E-state index < -0.39 is 0 Å². The van der Waals surface area contributed by atoms with Gasteiger partial charge in [-0.25, -0.2) is 0 Å². The fraction of sp³-hybridized carbons (Fsp3) is 0.353. The van der Waals surface area contributed by atoms with Crippen molar-refractivity contribution in [3.63, 3.8) is 0 Å². The molecule has 0 radical (unpaired) electrons. The number of aromatic nitrogens is 1. The maximum atomic E-state index is 4.23. The smallest absolute Gasteiger partial charge is 0.0578 e. The Bertz CT molecular complexity index is 541. The van der Waals surface area contributed by atoms with Crippen LogP contribution in [0.15, 0.2) is 36.7 Å². The molecule has 1 N–H and O–H groups in total. The number of hydrogen-bond acceptors (Lipinski definition) is 2. The molecular weight excluding hydrogens is 232 g/mol. The van der Waals surface area contributed by atoms with Crippen molar-refractivity contribution in [1.29, 1.82) is 0 Å². The highest BCUT2D eigenvalue weighted by Gasteiger charge is 2.15. The van der Waals surface area contributed by atoms with Crippen molar-refractivity contribution in [1.82, 2.24) is 10.3 Å². The molecule has 0 aliphatic rings. The number of nitrogens with one attached hydrogen (secondary N) is 1. The van der Waals surface area contributed by atoms with Crippen LogP contribution in [0.3, 0.4) is 0 Å². The van der Waals surface area contributed by atoms with Gasteiger partial charge in [-0.15, -0.1) is 0 Å². The zero-order valence-electron chi connectivity index (χ0n) is 12.2. The minimum Gasteiger partial charge on any atom is -0.309 e. The summed E-state index contributed by atoms with van der Waals surface area (Å²) in [5, 5.41) is 3.44. The van der Waals surface area contributed by atoms with Gasteiger partial charge in [0.1, 0.15) is 0 Å². The molecule has 2 rings (SSSR count). The lowest BCUT2D eigenvalue weighted by Gasteiger charge is -2.21. The van der Waals surface area contributed by atoms with Crippen LogP contribution in [0, 0.1) is 13.8 Å². The van der Waals surface area contributed by atoms with Gasteiger partial charge in [0, 0.05) is 12.4 Å². The predicted octanol–water partition coefficient (Wildman–Crippen LogP) is 3.57. The third-order valence-electron chi connectivity index (χ3n) is 3.50. The minimum absolute atomic E-state index is 0.233. The molecule has 0 spiro atoms. The van der Waals surface area contributed by atoms with Gasteiger partial charge in [0.2, 0.25) is 0 Å². The second kappa shape index (κ2) is 5.98. The Morgan fingerprint density at radius 1 is 1.16 bits per heavy atom. The Kier molecular flexibility index (Phi) is 4.33. The zero-order valence-corrected chi connectivity index (χ0v) is 12.2. The highest BCUT2D eigenvalue weighted by atomic mass is 14.9. The van der Waals surface area contributed by atoms with Crippen molar-refractivity contribution in [3.05, 3.63) is 64.5 Å². The second-order valence-corrected chi connectivity index (χ2v) is 5.07. The van der Waals surface area contributed by atoms with Gasteiger partial charge in [-0.3, -0.25) is 4.98 Å². The molecule has 2 nitrogen and oxygen atoms in total. The van der Waals surface area contributed by atoms with Crippen molar-refractivity contribution in [3.8, 4) is 0 Å². The minimum atomic E-state index is 0.233. The van der Waals surface area contributed by atoms with E-state index in [9.17, 15) is 0 Å². The largest absolute Gasteiger partial charge is 0.309 e. The van der Waals surface area contributed by atoms with Gasteiger partial charge in [-0.05, 0) is 50.1 Å². The standard InChI is InChI=1S/C17H22N2/c1-5-14-11-19-7-6-16(14)17(18-4)15-9-12(2)8-13(3)10-15/h6-11,17-18H,5H2,1-4H3. The van der Waals surface area contributed by atoms with Gasteiger partial charge < -0.3 is 5.32 Å².